The molecule has 0 radical (unpaired) electrons. The summed E-state index contributed by atoms with van der Waals surface area (Å²) in [7, 11) is 1.77. The van der Waals surface area contributed by atoms with Gasteiger partial charge < -0.3 is 9.84 Å². The number of carboxylic acid groups (broad SMARTS) is 1. The summed E-state index contributed by atoms with van der Waals surface area (Å²) in [5.74, 6) is 0. The maximum Gasteiger partial charge on any atom is 0.408 e. The van der Waals surface area contributed by atoms with Gasteiger partial charge >= 0.3 is 6.09 Å². The normalized spacial score (nSPS) is 26.8. The van der Waals surface area contributed by atoms with Crippen molar-refractivity contribution in [1.82, 2.24) is 14.7 Å². The molecule has 3 rings (SSSR count). The second-order valence-corrected chi connectivity index (χ2v) is 4.46. The zero-order valence-electron chi connectivity index (χ0n) is 9.34. The highest BCUT2D eigenvalue weighted by atomic mass is 16.5. The lowest BCUT2D eigenvalue weighted by Gasteiger charge is -2.43. The third-order valence-electron chi connectivity index (χ3n) is 3.53. The molecule has 1 amide bonds. The van der Waals surface area contributed by atoms with E-state index >= 15 is 0 Å². The van der Waals surface area contributed by atoms with Gasteiger partial charge in [0.25, 0.3) is 5.56 Å². The predicted molar refractivity (Wildman–Crippen MR) is 56.9 cm³/mol. The van der Waals surface area contributed by atoms with Gasteiger partial charge in [0.15, 0.2) is 0 Å². The van der Waals surface area contributed by atoms with E-state index in [0.717, 1.165) is 5.69 Å². The van der Waals surface area contributed by atoms with Crippen LogP contribution < -0.4 is 5.56 Å². The molecule has 17 heavy (non-hydrogen) atoms. The quantitative estimate of drug-likeness (QED) is 0.650. The van der Waals surface area contributed by atoms with Crippen LogP contribution in [-0.4, -0.2) is 45.1 Å². The van der Waals surface area contributed by atoms with Crippen molar-refractivity contribution in [1.29, 1.82) is 0 Å². The largest absolute Gasteiger partial charge is 0.465 e. The molecule has 0 aromatic carbocycles. The number of rotatable bonds is 0. The molecular weight excluding hydrogens is 226 g/mol. The van der Waals surface area contributed by atoms with E-state index in [2.05, 4.69) is 5.10 Å². The molecule has 2 unspecified atom stereocenters. The number of H-pyrrole nitrogens is 1. The van der Waals surface area contributed by atoms with E-state index in [1.165, 1.54) is 4.90 Å². The Bertz CT molecular complexity index is 532. The summed E-state index contributed by atoms with van der Waals surface area (Å²) in [6.07, 6.45) is -0.467. The number of morpholine rings is 1. The minimum Gasteiger partial charge on any atom is -0.465 e. The Morgan fingerprint density at radius 1 is 1.53 bits per heavy atom. The van der Waals surface area contributed by atoms with Crippen LogP contribution in [0.3, 0.4) is 0 Å². The number of fused-ring (bicyclic) bond motifs is 4. The zero-order valence-corrected chi connectivity index (χ0v) is 9.34. The lowest BCUT2D eigenvalue weighted by molar-refractivity contribution is -0.0464. The first-order chi connectivity index (χ1) is 8.09. The van der Waals surface area contributed by atoms with Gasteiger partial charge in [0, 0.05) is 19.2 Å². The fourth-order valence-corrected chi connectivity index (χ4v) is 2.81. The molecule has 2 aliphatic rings. The third kappa shape index (κ3) is 1.32. The summed E-state index contributed by atoms with van der Waals surface area (Å²) in [5, 5.41) is 11.9. The number of aromatic amines is 1. The highest BCUT2D eigenvalue weighted by Crippen LogP contribution is 2.34. The van der Waals surface area contributed by atoms with E-state index in [-0.39, 0.29) is 18.2 Å². The van der Waals surface area contributed by atoms with E-state index in [4.69, 9.17) is 4.74 Å². The van der Waals surface area contributed by atoms with Crippen molar-refractivity contribution in [3.63, 3.8) is 0 Å². The minimum absolute atomic E-state index is 0.194. The van der Waals surface area contributed by atoms with Crippen LogP contribution in [0.5, 0.6) is 0 Å². The molecule has 2 aliphatic heterocycles. The van der Waals surface area contributed by atoms with Crippen LogP contribution in [0.4, 0.5) is 4.79 Å². The van der Waals surface area contributed by atoms with Crippen LogP contribution in [0.1, 0.15) is 17.3 Å². The molecule has 0 aliphatic carbocycles. The fraction of sp³-hybridized carbons (Fsp3) is 0.600. The van der Waals surface area contributed by atoms with E-state index in [0.29, 0.717) is 18.6 Å². The second-order valence-electron chi connectivity index (χ2n) is 4.46. The lowest BCUT2D eigenvalue weighted by Crippen LogP contribution is -2.54. The lowest BCUT2D eigenvalue weighted by atomic mass is 9.92. The molecule has 1 aromatic rings. The molecule has 2 bridgehead atoms. The second kappa shape index (κ2) is 3.36. The number of hydrogen-bond acceptors (Lipinski definition) is 3. The maximum atomic E-state index is 11.8. The van der Waals surface area contributed by atoms with Gasteiger partial charge in [-0.15, -0.1) is 0 Å². The van der Waals surface area contributed by atoms with Gasteiger partial charge in [-0.25, -0.2) is 4.79 Å². The van der Waals surface area contributed by atoms with Gasteiger partial charge in [-0.05, 0) is 0 Å². The summed E-state index contributed by atoms with van der Waals surface area (Å²) in [6.45, 7) is 0.643. The highest BCUT2D eigenvalue weighted by molar-refractivity contribution is 5.67. The summed E-state index contributed by atoms with van der Waals surface area (Å²) >= 11 is 0. The van der Waals surface area contributed by atoms with Crippen molar-refractivity contribution in [3.05, 3.63) is 21.6 Å². The van der Waals surface area contributed by atoms with Crippen LogP contribution >= 0.6 is 0 Å². The van der Waals surface area contributed by atoms with Crippen LogP contribution in [-0.2, 0) is 18.2 Å². The average molecular weight is 239 g/mol. The van der Waals surface area contributed by atoms with Gasteiger partial charge in [-0.2, -0.15) is 0 Å². The Balaban J connectivity index is 2.17. The van der Waals surface area contributed by atoms with Crippen LogP contribution in [0.2, 0.25) is 0 Å². The van der Waals surface area contributed by atoms with Crippen LogP contribution in [0, 0.1) is 0 Å². The first-order valence-corrected chi connectivity index (χ1v) is 5.46. The fourth-order valence-electron chi connectivity index (χ4n) is 2.81. The summed E-state index contributed by atoms with van der Waals surface area (Å²) in [6, 6.07) is -0.667. The zero-order chi connectivity index (χ0) is 12.2. The highest BCUT2D eigenvalue weighted by Gasteiger charge is 2.43. The SMILES string of the molecule is Cn1[nH]c(=O)c2c1CC1COCC2N1C(=O)O. The van der Waals surface area contributed by atoms with Gasteiger partial charge in [0.2, 0.25) is 0 Å². The molecule has 7 nitrogen and oxygen atoms in total. The minimum atomic E-state index is -0.989. The van der Waals surface area contributed by atoms with Crippen molar-refractivity contribution < 1.29 is 14.6 Å². The van der Waals surface area contributed by atoms with Crippen LogP contribution in [0.25, 0.3) is 0 Å². The summed E-state index contributed by atoms with van der Waals surface area (Å²) in [5.41, 5.74) is 1.21. The van der Waals surface area contributed by atoms with Crippen molar-refractivity contribution in [2.75, 3.05) is 13.2 Å². The Labute approximate surface area is 96.6 Å². The van der Waals surface area contributed by atoms with Gasteiger partial charge in [-0.1, -0.05) is 0 Å². The molecule has 0 saturated carbocycles. The molecule has 0 spiro atoms. The molecule has 1 aromatic heterocycles. The summed E-state index contributed by atoms with van der Waals surface area (Å²) < 4.78 is 7.05. The van der Waals surface area contributed by atoms with Crippen molar-refractivity contribution in [3.8, 4) is 0 Å². The molecule has 1 saturated heterocycles. The predicted octanol–water partition coefficient (Wildman–Crippen LogP) is -0.311. The molecular formula is C10H13N3O4. The number of aromatic nitrogens is 2. The van der Waals surface area contributed by atoms with E-state index in [1.54, 1.807) is 11.7 Å². The number of aryl methyl sites for hydroxylation is 1. The monoisotopic (exact) mass is 239 g/mol. The Kier molecular flexibility index (Phi) is 2.06. The Morgan fingerprint density at radius 2 is 2.29 bits per heavy atom. The first kappa shape index (κ1) is 10.4. The number of ether oxygens (including phenoxy) is 1. The number of amides is 1. The number of hydrogen-bond donors (Lipinski definition) is 2. The molecule has 3 heterocycles. The van der Waals surface area contributed by atoms with Gasteiger partial charge in [-0.3, -0.25) is 19.5 Å². The maximum absolute atomic E-state index is 11.8. The van der Waals surface area contributed by atoms with Gasteiger partial charge in [0.1, 0.15) is 0 Å². The van der Waals surface area contributed by atoms with Crippen molar-refractivity contribution in [2.45, 2.75) is 18.5 Å². The first-order valence-electron chi connectivity index (χ1n) is 5.46. The smallest absolute Gasteiger partial charge is 0.408 e. The van der Waals surface area contributed by atoms with Crippen molar-refractivity contribution >= 4 is 6.09 Å². The van der Waals surface area contributed by atoms with Crippen LogP contribution in [0.15, 0.2) is 4.79 Å². The molecule has 7 heteroatoms. The third-order valence-corrected chi connectivity index (χ3v) is 3.53. The number of nitrogens with zero attached hydrogens (tertiary/aromatic N) is 2. The van der Waals surface area contributed by atoms with Gasteiger partial charge in [0.05, 0.1) is 30.9 Å². The molecule has 92 valence electrons. The standard InChI is InChI=1S/C10H13N3O4/c1-12-6-2-5-3-17-4-7(13(5)10(15)16)8(6)9(14)11-12/h5,7H,2-4H2,1H3,(H,11,14)(H,15,16). The van der Waals surface area contributed by atoms with Crippen molar-refractivity contribution in [2.24, 2.45) is 7.05 Å². The van der Waals surface area contributed by atoms with E-state index < -0.39 is 12.1 Å². The molecule has 2 N–H and O–H groups in total. The Morgan fingerprint density at radius 3 is 3.00 bits per heavy atom. The van der Waals surface area contributed by atoms with E-state index in [1.807, 2.05) is 0 Å². The number of nitrogens with one attached hydrogen (secondary N) is 1. The molecule has 1 fully saturated rings. The van der Waals surface area contributed by atoms with E-state index in [9.17, 15) is 14.7 Å². The summed E-state index contributed by atoms with van der Waals surface area (Å²) in [4.78, 5) is 24.4. The Hall–Kier alpha value is -1.76. The number of carbonyl (C=O) groups is 1. The topological polar surface area (TPSA) is 87.6 Å². The molecule has 2 atom stereocenters. The average Bonchev–Trinajstić information content (AvgIpc) is 2.53.